The monoisotopic (exact) mass is 479 g/mol. The van der Waals surface area contributed by atoms with Gasteiger partial charge in [0.15, 0.2) is 5.65 Å². The number of nitrogens with zero attached hydrogens (tertiary/aromatic N) is 4. The topological polar surface area (TPSA) is 138 Å². The number of primary amides is 1. The van der Waals surface area contributed by atoms with Crippen LogP contribution < -0.4 is 16.4 Å². The fourth-order valence-corrected chi connectivity index (χ4v) is 4.60. The Labute approximate surface area is 204 Å². The molecule has 0 spiro atoms. The molecule has 10 nitrogen and oxygen atoms in total. The largest absolute Gasteiger partial charge is 0.507 e. The summed E-state index contributed by atoms with van der Waals surface area (Å²) in [5.41, 5.74) is 10.0. The van der Waals surface area contributed by atoms with Crippen molar-refractivity contribution in [2.45, 2.75) is 59.2 Å². The van der Waals surface area contributed by atoms with Gasteiger partial charge in [-0.15, -0.1) is 0 Å². The Hall–Kier alpha value is -3.82. The van der Waals surface area contributed by atoms with Gasteiger partial charge < -0.3 is 26.4 Å². The van der Waals surface area contributed by atoms with Crippen LogP contribution in [0.1, 0.15) is 53.9 Å². The second-order valence-corrected chi connectivity index (χ2v) is 8.91. The van der Waals surface area contributed by atoms with E-state index in [9.17, 15) is 14.7 Å². The Morgan fingerprint density at radius 1 is 1.23 bits per heavy atom. The van der Waals surface area contributed by atoms with E-state index < -0.39 is 6.03 Å². The Kier molecular flexibility index (Phi) is 7.09. The number of aromatic hydroxyl groups is 1. The highest BCUT2D eigenvalue weighted by molar-refractivity contribution is 5.97. The summed E-state index contributed by atoms with van der Waals surface area (Å²) in [6.45, 7) is 8.04. The number of pyridine rings is 1. The molecule has 10 heteroatoms. The maximum Gasteiger partial charge on any atom is 0.314 e. The summed E-state index contributed by atoms with van der Waals surface area (Å²) in [6.07, 6.45) is 4.02. The predicted octanol–water partition coefficient (Wildman–Crippen LogP) is 2.91. The number of phenols is 1. The molecule has 0 unspecified atom stereocenters. The quantitative estimate of drug-likeness (QED) is 0.411. The molecule has 0 bridgehead atoms. The molecule has 3 heterocycles. The average Bonchev–Trinajstić information content (AvgIpc) is 3.26. The van der Waals surface area contributed by atoms with E-state index in [1.54, 1.807) is 23.1 Å². The van der Waals surface area contributed by atoms with Gasteiger partial charge in [0, 0.05) is 43.5 Å². The van der Waals surface area contributed by atoms with Crippen molar-refractivity contribution < 1.29 is 14.7 Å². The third-order valence-corrected chi connectivity index (χ3v) is 6.59. The minimum absolute atomic E-state index is 0.0458. The van der Waals surface area contributed by atoms with E-state index in [2.05, 4.69) is 15.7 Å². The first-order valence-electron chi connectivity index (χ1n) is 12.1. The lowest BCUT2D eigenvalue weighted by Gasteiger charge is -2.32. The van der Waals surface area contributed by atoms with Gasteiger partial charge in [-0.1, -0.05) is 13.0 Å². The number of urea groups is 1. The lowest BCUT2D eigenvalue weighted by Crippen LogP contribution is -2.44. The number of aromatic nitrogens is 3. The number of nitrogens with two attached hydrogens (primary N) is 1. The lowest BCUT2D eigenvalue weighted by molar-refractivity contribution is 0.0948. The molecule has 1 fully saturated rings. The van der Waals surface area contributed by atoms with E-state index in [0.717, 1.165) is 46.4 Å². The van der Waals surface area contributed by atoms with Gasteiger partial charge in [0.2, 0.25) is 0 Å². The first kappa shape index (κ1) is 24.3. The Morgan fingerprint density at radius 2 is 1.97 bits per heavy atom. The molecule has 1 aliphatic heterocycles. The van der Waals surface area contributed by atoms with Crippen molar-refractivity contribution in [3.8, 4) is 5.75 Å². The third-order valence-electron chi connectivity index (χ3n) is 6.59. The maximum atomic E-state index is 12.9. The number of amides is 3. The normalized spacial score (nSPS) is 14.3. The standard InChI is InChI=1S/C25H33N7O3/c1-4-20-18(13-27-24(34)17-7-6-15(3)12-21(17)33)22(19-14-28-32(5-2)23(19)30-20)29-16-8-10-31(11-9-16)25(26)35/h6-7,12,14,16,33H,4-5,8-11,13H2,1-3H3,(H2,26,35)(H,27,34)(H,29,30). The first-order chi connectivity index (χ1) is 16.8. The second kappa shape index (κ2) is 10.2. The van der Waals surface area contributed by atoms with Crippen molar-refractivity contribution in [2.24, 2.45) is 5.73 Å². The SMILES string of the molecule is CCc1nc2c(cnn2CC)c(NC2CCN(C(N)=O)CC2)c1CNC(=O)c1ccc(C)cc1O. The molecular formula is C25H33N7O3. The molecule has 1 aromatic carbocycles. The van der Waals surface area contributed by atoms with Crippen molar-refractivity contribution >= 4 is 28.7 Å². The molecule has 0 aliphatic carbocycles. The fourth-order valence-electron chi connectivity index (χ4n) is 4.60. The number of anilines is 1. The van der Waals surface area contributed by atoms with Gasteiger partial charge in [-0.3, -0.25) is 4.79 Å². The van der Waals surface area contributed by atoms with Crippen LogP contribution in [0.2, 0.25) is 0 Å². The molecule has 0 saturated carbocycles. The van der Waals surface area contributed by atoms with Crippen LogP contribution in [-0.4, -0.2) is 55.8 Å². The van der Waals surface area contributed by atoms with E-state index in [1.165, 1.54) is 0 Å². The summed E-state index contributed by atoms with van der Waals surface area (Å²) in [7, 11) is 0. The van der Waals surface area contributed by atoms with Gasteiger partial charge in [-0.25, -0.2) is 14.5 Å². The Balaban J connectivity index is 1.66. The number of fused-ring (bicyclic) bond motifs is 1. The minimum atomic E-state index is -0.394. The Bertz CT molecular complexity index is 1250. The highest BCUT2D eigenvalue weighted by Gasteiger charge is 2.25. The zero-order chi connectivity index (χ0) is 25.1. The number of phenolic OH excluding ortho intramolecular Hbond substituents is 1. The van der Waals surface area contributed by atoms with E-state index in [-0.39, 0.29) is 29.8 Å². The molecule has 186 valence electrons. The number of hydrogen-bond acceptors (Lipinski definition) is 6. The maximum absolute atomic E-state index is 12.9. The smallest absolute Gasteiger partial charge is 0.314 e. The van der Waals surface area contributed by atoms with Gasteiger partial charge in [0.1, 0.15) is 5.75 Å². The van der Waals surface area contributed by atoms with Crippen LogP contribution in [0.4, 0.5) is 10.5 Å². The molecule has 5 N–H and O–H groups in total. The molecule has 35 heavy (non-hydrogen) atoms. The highest BCUT2D eigenvalue weighted by atomic mass is 16.3. The van der Waals surface area contributed by atoms with Crippen molar-refractivity contribution in [3.05, 3.63) is 46.8 Å². The van der Waals surface area contributed by atoms with Gasteiger partial charge >= 0.3 is 6.03 Å². The number of hydrogen-bond donors (Lipinski definition) is 4. The number of rotatable bonds is 7. The number of likely N-dealkylation sites (tertiary alicyclic amines) is 1. The van der Waals surface area contributed by atoms with E-state index in [0.29, 0.717) is 26.1 Å². The molecule has 4 rings (SSSR count). The third kappa shape index (κ3) is 5.01. The van der Waals surface area contributed by atoms with Crippen molar-refractivity contribution in [3.63, 3.8) is 0 Å². The number of carbonyl (C=O) groups is 2. The number of piperidine rings is 1. The molecular weight excluding hydrogens is 446 g/mol. The van der Waals surface area contributed by atoms with Gasteiger partial charge in [-0.2, -0.15) is 5.10 Å². The fraction of sp³-hybridized carbons (Fsp3) is 0.440. The molecule has 0 atom stereocenters. The molecule has 3 amide bonds. The van der Waals surface area contributed by atoms with Gasteiger partial charge in [-0.05, 0) is 50.8 Å². The van der Waals surface area contributed by atoms with E-state index >= 15 is 0 Å². The highest BCUT2D eigenvalue weighted by Crippen LogP contribution is 2.31. The molecule has 1 saturated heterocycles. The lowest BCUT2D eigenvalue weighted by atomic mass is 10.0. The molecule has 3 aromatic rings. The zero-order valence-electron chi connectivity index (χ0n) is 20.5. The van der Waals surface area contributed by atoms with Crippen LogP contribution >= 0.6 is 0 Å². The minimum Gasteiger partial charge on any atom is -0.507 e. The van der Waals surface area contributed by atoms with Gasteiger partial charge in [0.25, 0.3) is 5.91 Å². The summed E-state index contributed by atoms with van der Waals surface area (Å²) in [5.74, 6) is -0.398. The van der Waals surface area contributed by atoms with Crippen molar-refractivity contribution in [1.82, 2.24) is 25.0 Å². The summed E-state index contributed by atoms with van der Waals surface area (Å²) >= 11 is 0. The van der Waals surface area contributed by atoms with Crippen molar-refractivity contribution in [1.29, 1.82) is 0 Å². The predicted molar refractivity (Wildman–Crippen MR) is 134 cm³/mol. The number of aryl methyl sites for hydroxylation is 3. The Morgan fingerprint density at radius 3 is 2.60 bits per heavy atom. The summed E-state index contributed by atoms with van der Waals surface area (Å²) in [4.78, 5) is 31.0. The summed E-state index contributed by atoms with van der Waals surface area (Å²) < 4.78 is 1.86. The van der Waals surface area contributed by atoms with Crippen LogP contribution in [0.3, 0.4) is 0 Å². The van der Waals surface area contributed by atoms with Crippen molar-refractivity contribution in [2.75, 3.05) is 18.4 Å². The van der Waals surface area contributed by atoms with Crippen LogP contribution in [0.15, 0.2) is 24.4 Å². The first-order valence-corrected chi connectivity index (χ1v) is 12.1. The summed E-state index contributed by atoms with van der Waals surface area (Å²) in [6, 6.07) is 4.74. The van der Waals surface area contributed by atoms with Crippen LogP contribution in [-0.2, 0) is 19.5 Å². The number of carbonyl (C=O) groups excluding carboxylic acids is 2. The van der Waals surface area contributed by atoms with Gasteiger partial charge in [0.05, 0.1) is 22.8 Å². The second-order valence-electron chi connectivity index (χ2n) is 8.91. The van der Waals surface area contributed by atoms with Crippen LogP contribution in [0.25, 0.3) is 11.0 Å². The summed E-state index contributed by atoms with van der Waals surface area (Å²) in [5, 5.41) is 22.3. The van der Waals surface area contributed by atoms with Crippen LogP contribution in [0, 0.1) is 6.92 Å². The number of nitrogens with one attached hydrogen (secondary N) is 2. The average molecular weight is 480 g/mol. The zero-order valence-corrected chi connectivity index (χ0v) is 20.5. The molecule has 2 aromatic heterocycles. The number of benzene rings is 1. The molecule has 1 aliphatic rings. The molecule has 0 radical (unpaired) electrons. The van der Waals surface area contributed by atoms with Crippen LogP contribution in [0.5, 0.6) is 5.75 Å². The van der Waals surface area contributed by atoms with E-state index in [1.807, 2.05) is 31.6 Å². The van der Waals surface area contributed by atoms with E-state index in [4.69, 9.17) is 10.7 Å².